The Morgan fingerprint density at radius 1 is 1.03 bits per heavy atom. The highest BCUT2D eigenvalue weighted by molar-refractivity contribution is 6.33. The molecule has 1 N–H and O–H groups in total. The van der Waals surface area contributed by atoms with Crippen molar-refractivity contribution in [2.45, 2.75) is 32.8 Å². The fraction of sp³-hybridized carbons (Fsp3) is 0.292. The third-order valence-electron chi connectivity index (χ3n) is 5.02. The summed E-state index contributed by atoms with van der Waals surface area (Å²) in [5, 5.41) is 3.64. The lowest BCUT2D eigenvalue weighted by Gasteiger charge is -2.21. The van der Waals surface area contributed by atoms with E-state index in [-0.39, 0.29) is 11.9 Å². The van der Waals surface area contributed by atoms with Gasteiger partial charge in [0.2, 0.25) is 0 Å². The molecule has 3 rings (SSSR count). The zero-order valence-electron chi connectivity index (χ0n) is 17.6. The number of hydrogen-bond acceptors (Lipinski definition) is 4. The van der Waals surface area contributed by atoms with Gasteiger partial charge in [-0.1, -0.05) is 37.6 Å². The number of pyridine rings is 1. The quantitative estimate of drug-likeness (QED) is 0.427. The van der Waals surface area contributed by atoms with Crippen molar-refractivity contribution in [3.05, 3.63) is 59.4 Å². The molecule has 1 aromatic heterocycles. The summed E-state index contributed by atoms with van der Waals surface area (Å²) < 4.78 is 25.0. The Labute approximate surface area is 182 Å². The average Bonchev–Trinajstić information content (AvgIpc) is 2.77. The van der Waals surface area contributed by atoms with Crippen LogP contribution in [0.1, 0.15) is 26.7 Å². The van der Waals surface area contributed by atoms with Gasteiger partial charge in [0.15, 0.2) is 11.6 Å². The van der Waals surface area contributed by atoms with E-state index < -0.39 is 0 Å². The normalized spacial score (nSPS) is 10.9. The molecule has 2 aromatic carbocycles. The molecule has 158 valence electrons. The van der Waals surface area contributed by atoms with Gasteiger partial charge in [0.25, 0.3) is 0 Å². The first kappa shape index (κ1) is 21.9. The first-order valence-corrected chi connectivity index (χ1v) is 10.4. The first-order chi connectivity index (χ1) is 14.5. The van der Waals surface area contributed by atoms with Gasteiger partial charge in [-0.3, -0.25) is 0 Å². The maximum atomic E-state index is 13.5. The smallest absolute Gasteiger partial charge is 0.169 e. The fourth-order valence-corrected chi connectivity index (χ4v) is 3.53. The van der Waals surface area contributed by atoms with Crippen LogP contribution in [0.5, 0.6) is 11.5 Å². The molecule has 0 aliphatic rings. The lowest BCUT2D eigenvalue weighted by atomic mass is 9.98. The predicted octanol–water partition coefficient (Wildman–Crippen LogP) is 6.83. The molecule has 0 saturated carbocycles. The van der Waals surface area contributed by atoms with Crippen molar-refractivity contribution >= 4 is 17.4 Å². The molecular formula is C24H26ClFN2O2. The van der Waals surface area contributed by atoms with E-state index in [0.717, 1.165) is 29.5 Å². The highest BCUT2D eigenvalue weighted by Gasteiger charge is 2.19. The minimum Gasteiger partial charge on any atom is -0.497 e. The SMILES string of the molecule is CCC(CC)Oc1cc(-c2ccc(F)cc2)c(-c2ccc(OC)cc2Cl)nc1NC. The summed E-state index contributed by atoms with van der Waals surface area (Å²) in [6.07, 6.45) is 1.85. The number of hydrogen-bond donors (Lipinski definition) is 1. The van der Waals surface area contributed by atoms with Crippen LogP contribution in [0.2, 0.25) is 5.02 Å². The molecule has 0 atom stereocenters. The third kappa shape index (κ3) is 4.68. The summed E-state index contributed by atoms with van der Waals surface area (Å²) >= 11 is 6.56. The van der Waals surface area contributed by atoms with Gasteiger partial charge in [0, 0.05) is 18.2 Å². The van der Waals surface area contributed by atoms with Gasteiger partial charge in [-0.15, -0.1) is 0 Å². The van der Waals surface area contributed by atoms with Crippen LogP contribution >= 0.6 is 11.6 Å². The number of nitrogens with zero attached hydrogens (tertiary/aromatic N) is 1. The molecule has 0 unspecified atom stereocenters. The third-order valence-corrected chi connectivity index (χ3v) is 5.33. The Bertz CT molecular complexity index is 1000. The van der Waals surface area contributed by atoms with Crippen LogP contribution in [0.4, 0.5) is 10.2 Å². The number of nitrogens with one attached hydrogen (secondary N) is 1. The molecule has 0 spiro atoms. The van der Waals surface area contributed by atoms with E-state index >= 15 is 0 Å². The monoisotopic (exact) mass is 428 g/mol. The molecule has 0 bridgehead atoms. The number of anilines is 1. The fourth-order valence-electron chi connectivity index (χ4n) is 3.27. The van der Waals surface area contributed by atoms with Crippen LogP contribution in [0.25, 0.3) is 22.4 Å². The van der Waals surface area contributed by atoms with Gasteiger partial charge in [-0.25, -0.2) is 9.37 Å². The second kappa shape index (κ2) is 9.81. The second-order valence-electron chi connectivity index (χ2n) is 6.89. The maximum absolute atomic E-state index is 13.5. The number of halogens is 2. The molecule has 0 saturated heterocycles. The highest BCUT2D eigenvalue weighted by atomic mass is 35.5. The molecule has 30 heavy (non-hydrogen) atoms. The molecule has 0 aliphatic heterocycles. The largest absolute Gasteiger partial charge is 0.497 e. The number of benzene rings is 2. The minimum atomic E-state index is -0.295. The van der Waals surface area contributed by atoms with Crippen molar-refractivity contribution in [2.24, 2.45) is 0 Å². The molecular weight excluding hydrogens is 403 g/mol. The van der Waals surface area contributed by atoms with E-state index in [1.165, 1.54) is 12.1 Å². The Morgan fingerprint density at radius 3 is 2.30 bits per heavy atom. The zero-order valence-corrected chi connectivity index (χ0v) is 18.4. The van der Waals surface area contributed by atoms with Crippen molar-refractivity contribution in [1.82, 2.24) is 4.98 Å². The summed E-state index contributed by atoms with van der Waals surface area (Å²) in [6.45, 7) is 4.18. The number of methoxy groups -OCH3 is 1. The topological polar surface area (TPSA) is 43.4 Å². The Hall–Kier alpha value is -2.79. The van der Waals surface area contributed by atoms with Gasteiger partial charge in [0.1, 0.15) is 11.6 Å². The Morgan fingerprint density at radius 2 is 1.73 bits per heavy atom. The summed E-state index contributed by atoms with van der Waals surface area (Å²) in [4.78, 5) is 4.84. The van der Waals surface area contributed by atoms with E-state index in [9.17, 15) is 4.39 Å². The van der Waals surface area contributed by atoms with E-state index in [1.807, 2.05) is 18.2 Å². The predicted molar refractivity (Wildman–Crippen MR) is 121 cm³/mol. The number of ether oxygens (including phenoxy) is 2. The molecule has 1 heterocycles. The standard InChI is InChI=1S/C24H26ClFN2O2/c1-5-17(6-2)30-22-14-20(15-7-9-16(26)10-8-15)23(28-24(22)27-3)19-12-11-18(29-4)13-21(19)25/h7-14,17H,5-6H2,1-4H3,(H,27,28). The van der Waals surface area contributed by atoms with Crippen LogP contribution in [-0.4, -0.2) is 25.2 Å². The van der Waals surface area contributed by atoms with E-state index in [0.29, 0.717) is 28.0 Å². The van der Waals surface area contributed by atoms with Crippen LogP contribution in [0.3, 0.4) is 0 Å². The lowest BCUT2D eigenvalue weighted by Crippen LogP contribution is -2.15. The first-order valence-electron chi connectivity index (χ1n) is 9.99. The average molecular weight is 429 g/mol. The summed E-state index contributed by atoms with van der Waals surface area (Å²) in [5.41, 5.74) is 3.06. The van der Waals surface area contributed by atoms with E-state index in [4.69, 9.17) is 26.1 Å². The molecule has 0 radical (unpaired) electrons. The van der Waals surface area contributed by atoms with Crippen molar-refractivity contribution in [3.8, 4) is 33.9 Å². The van der Waals surface area contributed by atoms with Crippen molar-refractivity contribution in [2.75, 3.05) is 19.5 Å². The number of rotatable bonds is 8. The molecule has 4 nitrogen and oxygen atoms in total. The minimum absolute atomic E-state index is 0.0791. The lowest BCUT2D eigenvalue weighted by molar-refractivity contribution is 0.193. The van der Waals surface area contributed by atoms with Crippen LogP contribution in [0.15, 0.2) is 48.5 Å². The van der Waals surface area contributed by atoms with Crippen LogP contribution in [-0.2, 0) is 0 Å². The van der Waals surface area contributed by atoms with Gasteiger partial charge in [-0.2, -0.15) is 0 Å². The van der Waals surface area contributed by atoms with Crippen LogP contribution < -0.4 is 14.8 Å². The molecule has 0 aliphatic carbocycles. The summed E-state index contributed by atoms with van der Waals surface area (Å²) in [6, 6.07) is 13.7. The van der Waals surface area contributed by atoms with E-state index in [2.05, 4.69) is 19.2 Å². The van der Waals surface area contributed by atoms with Gasteiger partial charge < -0.3 is 14.8 Å². The maximum Gasteiger partial charge on any atom is 0.169 e. The Kier molecular flexibility index (Phi) is 7.16. The molecule has 0 amide bonds. The Balaban J connectivity index is 2.22. The molecule has 6 heteroatoms. The van der Waals surface area contributed by atoms with Crippen LogP contribution in [0, 0.1) is 5.82 Å². The summed E-state index contributed by atoms with van der Waals surface area (Å²) in [5.74, 6) is 1.64. The van der Waals surface area contributed by atoms with Gasteiger partial charge >= 0.3 is 0 Å². The van der Waals surface area contributed by atoms with Gasteiger partial charge in [0.05, 0.1) is 23.9 Å². The van der Waals surface area contributed by atoms with Crippen molar-refractivity contribution < 1.29 is 13.9 Å². The van der Waals surface area contributed by atoms with Gasteiger partial charge in [-0.05, 0) is 54.8 Å². The second-order valence-corrected chi connectivity index (χ2v) is 7.30. The highest BCUT2D eigenvalue weighted by Crippen LogP contribution is 2.41. The van der Waals surface area contributed by atoms with E-state index in [1.54, 1.807) is 32.4 Å². The number of aromatic nitrogens is 1. The summed E-state index contributed by atoms with van der Waals surface area (Å²) in [7, 11) is 3.40. The zero-order chi connectivity index (χ0) is 21.7. The molecule has 0 fully saturated rings. The van der Waals surface area contributed by atoms with Crippen molar-refractivity contribution in [1.29, 1.82) is 0 Å². The molecule has 3 aromatic rings. The van der Waals surface area contributed by atoms with Crippen molar-refractivity contribution in [3.63, 3.8) is 0 Å².